The van der Waals surface area contributed by atoms with Crippen molar-refractivity contribution >= 4 is 28.9 Å². The topological polar surface area (TPSA) is 74.3 Å². The summed E-state index contributed by atoms with van der Waals surface area (Å²) in [6.45, 7) is 4.70. The Kier molecular flexibility index (Phi) is 6.68. The monoisotopic (exact) mass is 446 g/mol. The second-order valence-electron chi connectivity index (χ2n) is 8.40. The molecule has 1 aliphatic heterocycles. The first-order chi connectivity index (χ1) is 15.9. The highest BCUT2D eigenvalue weighted by Gasteiger charge is 2.26. The highest BCUT2D eigenvalue weighted by Crippen LogP contribution is 2.29. The highest BCUT2D eigenvalue weighted by atomic mass is 19.1. The van der Waals surface area contributed by atoms with Crippen molar-refractivity contribution in [2.24, 2.45) is 0 Å². The molecule has 0 saturated carbocycles. The number of benzene rings is 2. The quantitative estimate of drug-likeness (QED) is 0.561. The van der Waals surface area contributed by atoms with Crippen molar-refractivity contribution in [1.29, 1.82) is 0 Å². The minimum Gasteiger partial charge on any atom is -0.355 e. The molecule has 1 saturated heterocycles. The maximum absolute atomic E-state index is 13.2. The molecular formula is C26H27FN4O2. The summed E-state index contributed by atoms with van der Waals surface area (Å²) in [6.07, 6.45) is 1.86. The van der Waals surface area contributed by atoms with Gasteiger partial charge in [0.1, 0.15) is 5.82 Å². The third-order valence-electron chi connectivity index (χ3n) is 5.69. The van der Waals surface area contributed by atoms with Gasteiger partial charge in [-0.2, -0.15) is 0 Å². The number of halogens is 1. The number of pyridine rings is 1. The Labute approximate surface area is 192 Å². The number of hydrogen-bond donors (Lipinski definition) is 2. The zero-order valence-corrected chi connectivity index (χ0v) is 18.8. The summed E-state index contributed by atoms with van der Waals surface area (Å²) in [4.78, 5) is 30.9. The predicted octanol–water partition coefficient (Wildman–Crippen LogP) is 5.25. The molecule has 2 heterocycles. The lowest BCUT2D eigenvalue weighted by Gasteiger charge is -2.33. The number of hydrogen-bond acceptors (Lipinski definition) is 4. The second-order valence-corrected chi connectivity index (χ2v) is 8.40. The molecule has 0 bridgehead atoms. The molecule has 1 fully saturated rings. The van der Waals surface area contributed by atoms with Gasteiger partial charge < -0.3 is 15.5 Å². The Morgan fingerprint density at radius 2 is 1.70 bits per heavy atom. The number of likely N-dealkylation sites (tertiary alicyclic amines) is 1. The number of rotatable bonds is 5. The fourth-order valence-electron chi connectivity index (χ4n) is 4.16. The first-order valence-electron chi connectivity index (χ1n) is 11.1. The first kappa shape index (κ1) is 22.5. The molecular weight excluding hydrogens is 419 g/mol. The summed E-state index contributed by atoms with van der Waals surface area (Å²) in [6, 6.07) is 17.2. The van der Waals surface area contributed by atoms with Crippen LogP contribution in [0.25, 0.3) is 0 Å². The summed E-state index contributed by atoms with van der Waals surface area (Å²) in [5, 5.41) is 6.03. The van der Waals surface area contributed by atoms with E-state index in [9.17, 15) is 14.0 Å². The van der Waals surface area contributed by atoms with Crippen LogP contribution in [-0.4, -0.2) is 34.8 Å². The molecule has 0 unspecified atom stereocenters. The molecule has 170 valence electrons. The van der Waals surface area contributed by atoms with Gasteiger partial charge in [0.05, 0.1) is 0 Å². The SMILES string of the molecule is CC(=O)Nc1ccc(C(=O)N2CCC[C@H](c3cc(Nc4ccc(F)cc4)cc(C)n3)C2)cc1. The molecule has 7 heteroatoms. The van der Waals surface area contributed by atoms with Gasteiger partial charge in [-0.1, -0.05) is 0 Å². The Bertz CT molecular complexity index is 1150. The number of carbonyl (C=O) groups excluding carboxylic acids is 2. The van der Waals surface area contributed by atoms with Crippen LogP contribution in [0, 0.1) is 12.7 Å². The van der Waals surface area contributed by atoms with Crippen molar-refractivity contribution in [3.8, 4) is 0 Å². The molecule has 4 rings (SSSR count). The number of carbonyl (C=O) groups is 2. The van der Waals surface area contributed by atoms with Gasteiger partial charge in [0.2, 0.25) is 5.91 Å². The normalized spacial score (nSPS) is 15.7. The molecule has 2 aromatic carbocycles. The number of aromatic nitrogens is 1. The van der Waals surface area contributed by atoms with Crippen LogP contribution in [-0.2, 0) is 4.79 Å². The molecule has 0 spiro atoms. The lowest BCUT2D eigenvalue weighted by molar-refractivity contribution is -0.114. The van der Waals surface area contributed by atoms with E-state index in [1.54, 1.807) is 36.4 Å². The first-order valence-corrected chi connectivity index (χ1v) is 11.1. The van der Waals surface area contributed by atoms with Crippen LogP contribution in [0.3, 0.4) is 0 Å². The molecule has 1 aliphatic rings. The number of nitrogens with one attached hydrogen (secondary N) is 2. The maximum atomic E-state index is 13.2. The fourth-order valence-corrected chi connectivity index (χ4v) is 4.16. The third kappa shape index (κ3) is 5.74. The average molecular weight is 447 g/mol. The van der Waals surface area contributed by atoms with Crippen LogP contribution < -0.4 is 10.6 Å². The minimum atomic E-state index is -0.274. The lowest BCUT2D eigenvalue weighted by atomic mass is 9.93. The second kappa shape index (κ2) is 9.81. The van der Waals surface area contributed by atoms with Gasteiger partial charge in [-0.3, -0.25) is 14.6 Å². The van der Waals surface area contributed by atoms with E-state index in [2.05, 4.69) is 10.6 Å². The molecule has 1 aromatic heterocycles. The number of piperidine rings is 1. The lowest BCUT2D eigenvalue weighted by Crippen LogP contribution is -2.39. The molecule has 33 heavy (non-hydrogen) atoms. The summed E-state index contributed by atoms with van der Waals surface area (Å²) < 4.78 is 13.2. The van der Waals surface area contributed by atoms with Crippen LogP contribution in [0.15, 0.2) is 60.7 Å². The fraction of sp³-hybridized carbons (Fsp3) is 0.269. The van der Waals surface area contributed by atoms with E-state index in [1.807, 2.05) is 24.0 Å². The molecule has 3 aromatic rings. The molecule has 0 aliphatic carbocycles. The van der Waals surface area contributed by atoms with Crippen LogP contribution in [0.4, 0.5) is 21.5 Å². The van der Waals surface area contributed by atoms with Crippen molar-refractivity contribution in [3.05, 3.63) is 83.4 Å². The van der Waals surface area contributed by atoms with Gasteiger partial charge in [0.15, 0.2) is 0 Å². The summed E-state index contributed by atoms with van der Waals surface area (Å²) >= 11 is 0. The van der Waals surface area contributed by atoms with Gasteiger partial charge in [0, 0.05) is 59.9 Å². The van der Waals surface area contributed by atoms with E-state index < -0.39 is 0 Å². The van der Waals surface area contributed by atoms with Crippen molar-refractivity contribution < 1.29 is 14.0 Å². The van der Waals surface area contributed by atoms with Gasteiger partial charge in [-0.25, -0.2) is 4.39 Å². The predicted molar refractivity (Wildman–Crippen MR) is 127 cm³/mol. The third-order valence-corrected chi connectivity index (χ3v) is 5.69. The van der Waals surface area contributed by atoms with Gasteiger partial charge in [-0.05, 0) is 80.4 Å². The molecule has 0 radical (unpaired) electrons. The Balaban J connectivity index is 1.47. The smallest absolute Gasteiger partial charge is 0.253 e. The Morgan fingerprint density at radius 3 is 2.39 bits per heavy atom. The van der Waals surface area contributed by atoms with E-state index in [4.69, 9.17) is 4.98 Å². The largest absolute Gasteiger partial charge is 0.355 e. The van der Waals surface area contributed by atoms with E-state index in [1.165, 1.54) is 19.1 Å². The zero-order valence-electron chi connectivity index (χ0n) is 18.8. The van der Waals surface area contributed by atoms with Crippen molar-refractivity contribution in [2.75, 3.05) is 23.7 Å². The highest BCUT2D eigenvalue weighted by molar-refractivity contribution is 5.95. The van der Waals surface area contributed by atoms with Gasteiger partial charge in [-0.15, -0.1) is 0 Å². The van der Waals surface area contributed by atoms with E-state index in [-0.39, 0.29) is 23.5 Å². The number of amides is 2. The zero-order chi connectivity index (χ0) is 23.4. The van der Waals surface area contributed by atoms with Crippen LogP contribution >= 0.6 is 0 Å². The van der Waals surface area contributed by atoms with E-state index in [0.717, 1.165) is 35.6 Å². The van der Waals surface area contributed by atoms with Crippen LogP contribution in [0.2, 0.25) is 0 Å². The summed E-state index contributed by atoms with van der Waals surface area (Å²) in [5.74, 6) is -0.308. The molecule has 2 amide bonds. The van der Waals surface area contributed by atoms with Crippen molar-refractivity contribution in [1.82, 2.24) is 9.88 Å². The Morgan fingerprint density at radius 1 is 1.00 bits per heavy atom. The van der Waals surface area contributed by atoms with Crippen molar-refractivity contribution in [3.63, 3.8) is 0 Å². The average Bonchev–Trinajstić information content (AvgIpc) is 2.80. The van der Waals surface area contributed by atoms with Crippen molar-refractivity contribution in [2.45, 2.75) is 32.6 Å². The summed E-state index contributed by atoms with van der Waals surface area (Å²) in [7, 11) is 0. The number of nitrogens with zero attached hydrogens (tertiary/aromatic N) is 2. The maximum Gasteiger partial charge on any atom is 0.253 e. The minimum absolute atomic E-state index is 0.0219. The standard InChI is InChI=1S/C26H27FN4O2/c1-17-14-24(30-23-11-7-21(27)8-12-23)15-25(28-17)20-4-3-13-31(16-20)26(33)19-5-9-22(10-6-19)29-18(2)32/h5-12,14-15,20H,3-4,13,16H2,1-2H3,(H,28,30)(H,29,32)/t20-/m0/s1. The van der Waals surface area contributed by atoms with E-state index in [0.29, 0.717) is 24.3 Å². The van der Waals surface area contributed by atoms with Gasteiger partial charge in [0.25, 0.3) is 5.91 Å². The van der Waals surface area contributed by atoms with Crippen LogP contribution in [0.1, 0.15) is 47.4 Å². The van der Waals surface area contributed by atoms with Gasteiger partial charge >= 0.3 is 0 Å². The Hall–Kier alpha value is -3.74. The number of anilines is 3. The van der Waals surface area contributed by atoms with Crippen LogP contribution in [0.5, 0.6) is 0 Å². The van der Waals surface area contributed by atoms with E-state index >= 15 is 0 Å². The summed E-state index contributed by atoms with van der Waals surface area (Å²) in [5.41, 5.74) is 4.78. The molecule has 6 nitrogen and oxygen atoms in total. The number of aryl methyl sites for hydroxylation is 1. The molecule has 1 atom stereocenters. The molecule has 2 N–H and O–H groups in total.